The molecule has 0 saturated carbocycles. The fourth-order valence-electron chi connectivity index (χ4n) is 3.05. The Balaban J connectivity index is 1.37. The van der Waals surface area contributed by atoms with E-state index in [1.54, 1.807) is 4.90 Å². The third-order valence-electron chi connectivity index (χ3n) is 4.60. The summed E-state index contributed by atoms with van der Waals surface area (Å²) in [5.74, 6) is 1.43. The second-order valence-electron chi connectivity index (χ2n) is 6.84. The number of carbonyl (C=O) groups excluding carboxylic acids is 1. The summed E-state index contributed by atoms with van der Waals surface area (Å²) in [5.41, 5.74) is 2.00. The van der Waals surface area contributed by atoms with Gasteiger partial charge in [0, 0.05) is 0 Å². The van der Waals surface area contributed by atoms with Gasteiger partial charge in [-0.2, -0.15) is 0 Å². The third kappa shape index (κ3) is 5.75. The number of rotatable bonds is 8. The number of ether oxygens (including phenoxy) is 2. The van der Waals surface area contributed by atoms with Gasteiger partial charge < -0.3 is 9.47 Å². The molecule has 3 aromatic carbocycles. The Hall–Kier alpha value is -3.09. The van der Waals surface area contributed by atoms with E-state index in [1.165, 1.54) is 11.8 Å². The summed E-state index contributed by atoms with van der Waals surface area (Å²) in [6, 6.07) is 27.2. The maximum atomic E-state index is 12.8. The van der Waals surface area contributed by atoms with Crippen LogP contribution in [0.3, 0.4) is 0 Å². The van der Waals surface area contributed by atoms with Crippen LogP contribution in [-0.4, -0.2) is 28.3 Å². The van der Waals surface area contributed by atoms with Crippen molar-refractivity contribution in [1.29, 1.82) is 0 Å². The molecule has 0 aliphatic carbocycles. The van der Waals surface area contributed by atoms with E-state index >= 15 is 0 Å². The Bertz CT molecular complexity index is 1080. The monoisotopic (exact) mass is 447 g/mol. The van der Waals surface area contributed by atoms with Gasteiger partial charge in [-0.15, -0.1) is 0 Å². The summed E-state index contributed by atoms with van der Waals surface area (Å²) in [6.45, 7) is 1.29. The third-order valence-corrected chi connectivity index (χ3v) is 5.98. The molecule has 0 atom stereocenters. The standard InChI is InChI=1S/C25H21NO3S2/c27-24-23(31-25(30)26(24)14-15-28-21-11-5-2-6-12-21)17-20-10-7-13-22(16-20)29-18-19-8-3-1-4-9-19/h1-13,16-17H,14-15,18H2/b23-17-. The van der Waals surface area contributed by atoms with Gasteiger partial charge in [0.1, 0.15) is 29.0 Å². The average molecular weight is 448 g/mol. The van der Waals surface area contributed by atoms with Crippen molar-refractivity contribution >= 4 is 40.3 Å². The second-order valence-corrected chi connectivity index (χ2v) is 8.52. The van der Waals surface area contributed by atoms with E-state index in [0.29, 0.717) is 29.0 Å². The van der Waals surface area contributed by atoms with E-state index < -0.39 is 0 Å². The Kier molecular flexibility index (Phi) is 7.02. The summed E-state index contributed by atoms with van der Waals surface area (Å²) in [7, 11) is 0. The molecule has 1 saturated heterocycles. The van der Waals surface area contributed by atoms with Crippen LogP contribution in [0, 0.1) is 0 Å². The van der Waals surface area contributed by atoms with Crippen LogP contribution >= 0.6 is 24.0 Å². The Labute approximate surface area is 191 Å². The molecule has 1 fully saturated rings. The van der Waals surface area contributed by atoms with Crippen molar-refractivity contribution in [1.82, 2.24) is 4.90 Å². The fourth-order valence-corrected chi connectivity index (χ4v) is 4.36. The van der Waals surface area contributed by atoms with Crippen molar-refractivity contribution < 1.29 is 14.3 Å². The minimum Gasteiger partial charge on any atom is -0.492 e. The van der Waals surface area contributed by atoms with Crippen molar-refractivity contribution in [2.24, 2.45) is 0 Å². The SMILES string of the molecule is O=C1/C(=C/c2cccc(OCc3ccccc3)c2)SC(=S)N1CCOc1ccccc1. The molecule has 4 rings (SSSR count). The molecule has 0 radical (unpaired) electrons. The summed E-state index contributed by atoms with van der Waals surface area (Å²) in [6.07, 6.45) is 1.85. The molecule has 31 heavy (non-hydrogen) atoms. The van der Waals surface area contributed by atoms with E-state index in [0.717, 1.165) is 22.6 Å². The minimum absolute atomic E-state index is 0.0951. The number of amides is 1. The molecule has 1 heterocycles. The molecule has 0 unspecified atom stereocenters. The molecule has 1 aliphatic heterocycles. The zero-order valence-electron chi connectivity index (χ0n) is 16.8. The molecular weight excluding hydrogens is 426 g/mol. The van der Waals surface area contributed by atoms with Gasteiger partial charge in [0.2, 0.25) is 0 Å². The highest BCUT2D eigenvalue weighted by Gasteiger charge is 2.31. The number of benzene rings is 3. The average Bonchev–Trinajstić information content (AvgIpc) is 3.07. The van der Waals surface area contributed by atoms with Crippen LogP contribution in [0.2, 0.25) is 0 Å². The topological polar surface area (TPSA) is 38.8 Å². The number of carbonyl (C=O) groups is 1. The molecule has 1 amide bonds. The number of hydrogen-bond acceptors (Lipinski definition) is 5. The molecular formula is C25H21NO3S2. The van der Waals surface area contributed by atoms with Crippen molar-refractivity contribution in [2.45, 2.75) is 6.61 Å². The van der Waals surface area contributed by atoms with E-state index in [1.807, 2.05) is 91.0 Å². The van der Waals surface area contributed by atoms with E-state index in [9.17, 15) is 4.79 Å². The molecule has 0 N–H and O–H groups in total. The van der Waals surface area contributed by atoms with Gasteiger partial charge in [0.05, 0.1) is 11.4 Å². The van der Waals surface area contributed by atoms with Gasteiger partial charge in [-0.05, 0) is 41.5 Å². The van der Waals surface area contributed by atoms with Gasteiger partial charge in [-0.25, -0.2) is 0 Å². The summed E-state index contributed by atoms with van der Waals surface area (Å²) in [5, 5.41) is 0. The minimum atomic E-state index is -0.0951. The van der Waals surface area contributed by atoms with Crippen molar-refractivity contribution in [2.75, 3.05) is 13.2 Å². The highest BCUT2D eigenvalue weighted by Crippen LogP contribution is 2.33. The van der Waals surface area contributed by atoms with Gasteiger partial charge in [0.25, 0.3) is 5.91 Å². The van der Waals surface area contributed by atoms with Crippen LogP contribution in [0.15, 0.2) is 89.8 Å². The zero-order valence-corrected chi connectivity index (χ0v) is 18.4. The number of hydrogen-bond donors (Lipinski definition) is 0. The largest absolute Gasteiger partial charge is 0.492 e. The number of thiocarbonyl (C=S) groups is 1. The molecule has 1 aliphatic rings. The predicted octanol–water partition coefficient (Wildman–Crippen LogP) is 5.55. The first-order valence-corrected chi connectivity index (χ1v) is 11.1. The second kappa shape index (κ2) is 10.3. The molecule has 4 nitrogen and oxygen atoms in total. The smallest absolute Gasteiger partial charge is 0.266 e. The molecule has 0 bridgehead atoms. The van der Waals surface area contributed by atoms with Gasteiger partial charge in [-0.3, -0.25) is 9.69 Å². The van der Waals surface area contributed by atoms with Crippen molar-refractivity contribution in [3.63, 3.8) is 0 Å². The Morgan fingerprint density at radius 3 is 2.35 bits per heavy atom. The normalized spacial score (nSPS) is 14.8. The summed E-state index contributed by atoms with van der Waals surface area (Å²) < 4.78 is 12.1. The number of thioether (sulfide) groups is 1. The lowest BCUT2D eigenvalue weighted by Gasteiger charge is -2.14. The van der Waals surface area contributed by atoms with Crippen LogP contribution in [0.5, 0.6) is 11.5 Å². The van der Waals surface area contributed by atoms with Gasteiger partial charge >= 0.3 is 0 Å². The van der Waals surface area contributed by atoms with Crippen LogP contribution in [0.1, 0.15) is 11.1 Å². The van der Waals surface area contributed by atoms with Crippen LogP contribution in [0.4, 0.5) is 0 Å². The fraction of sp³-hybridized carbons (Fsp3) is 0.120. The Morgan fingerprint density at radius 1 is 0.871 bits per heavy atom. The van der Waals surface area contributed by atoms with E-state index in [2.05, 4.69) is 0 Å². The van der Waals surface area contributed by atoms with E-state index in [-0.39, 0.29) is 5.91 Å². The van der Waals surface area contributed by atoms with Gasteiger partial charge in [0.15, 0.2) is 0 Å². The highest BCUT2D eigenvalue weighted by atomic mass is 32.2. The van der Waals surface area contributed by atoms with Crippen LogP contribution in [-0.2, 0) is 11.4 Å². The number of para-hydroxylation sites is 1. The van der Waals surface area contributed by atoms with Crippen molar-refractivity contribution in [3.8, 4) is 11.5 Å². The Morgan fingerprint density at radius 2 is 1.58 bits per heavy atom. The molecule has 0 spiro atoms. The summed E-state index contributed by atoms with van der Waals surface area (Å²) >= 11 is 6.72. The first-order chi connectivity index (χ1) is 15.2. The maximum Gasteiger partial charge on any atom is 0.266 e. The van der Waals surface area contributed by atoms with Gasteiger partial charge in [-0.1, -0.05) is 84.6 Å². The number of nitrogens with zero attached hydrogens (tertiary/aromatic N) is 1. The summed E-state index contributed by atoms with van der Waals surface area (Å²) in [4.78, 5) is 15.0. The van der Waals surface area contributed by atoms with E-state index in [4.69, 9.17) is 21.7 Å². The lowest BCUT2D eigenvalue weighted by Crippen LogP contribution is -2.32. The molecule has 156 valence electrons. The lowest BCUT2D eigenvalue weighted by molar-refractivity contribution is -0.122. The lowest BCUT2D eigenvalue weighted by atomic mass is 10.2. The maximum absolute atomic E-state index is 12.8. The quantitative estimate of drug-likeness (QED) is 0.335. The van der Waals surface area contributed by atoms with Crippen LogP contribution < -0.4 is 9.47 Å². The van der Waals surface area contributed by atoms with Crippen molar-refractivity contribution in [3.05, 3.63) is 101 Å². The first kappa shape index (κ1) is 21.2. The predicted molar refractivity (Wildman–Crippen MR) is 129 cm³/mol. The first-order valence-electron chi connectivity index (χ1n) is 9.89. The zero-order chi connectivity index (χ0) is 21.5. The molecule has 6 heteroatoms. The molecule has 3 aromatic rings. The molecule has 0 aromatic heterocycles. The highest BCUT2D eigenvalue weighted by molar-refractivity contribution is 8.26. The van der Waals surface area contributed by atoms with Crippen LogP contribution in [0.25, 0.3) is 6.08 Å².